The number of rotatable bonds is 4. The van der Waals surface area contributed by atoms with E-state index in [1.54, 1.807) is 9.80 Å². The van der Waals surface area contributed by atoms with Crippen molar-refractivity contribution in [2.45, 2.75) is 13.2 Å². The predicted molar refractivity (Wildman–Crippen MR) is 120 cm³/mol. The van der Waals surface area contributed by atoms with Crippen LogP contribution in [-0.2, 0) is 27.4 Å². The summed E-state index contributed by atoms with van der Waals surface area (Å²) in [5, 5.41) is 3.28. The zero-order chi connectivity index (χ0) is 22.4. The predicted octanol–water partition coefficient (Wildman–Crippen LogP) is 2.88. The fraction of sp³-hybridized carbons (Fsp3) is 0.417. The van der Waals surface area contributed by atoms with Gasteiger partial charge in [0, 0.05) is 39.3 Å². The Kier molecular flexibility index (Phi) is 9.82. The fourth-order valence-corrected chi connectivity index (χ4v) is 3.21. The summed E-state index contributed by atoms with van der Waals surface area (Å²) in [6, 6.07) is 19.2. The lowest BCUT2D eigenvalue weighted by Crippen LogP contribution is -2.44. The van der Waals surface area contributed by atoms with Crippen molar-refractivity contribution in [1.82, 2.24) is 15.1 Å². The van der Waals surface area contributed by atoms with E-state index in [1.165, 1.54) is 0 Å². The minimum Gasteiger partial charge on any atom is -0.445 e. The number of nitrogens with one attached hydrogen (secondary N) is 1. The van der Waals surface area contributed by atoms with Crippen LogP contribution in [0.1, 0.15) is 11.1 Å². The number of hydrogen-bond donors (Lipinski definition) is 1. The number of amides is 2. The molecule has 172 valence electrons. The van der Waals surface area contributed by atoms with Crippen LogP contribution in [-0.4, -0.2) is 74.5 Å². The van der Waals surface area contributed by atoms with Crippen molar-refractivity contribution in [2.75, 3.05) is 52.5 Å². The van der Waals surface area contributed by atoms with Gasteiger partial charge >= 0.3 is 12.2 Å². The molecular weight excluding hydrogens is 410 g/mol. The summed E-state index contributed by atoms with van der Waals surface area (Å²) in [6.45, 7) is 4.24. The molecule has 2 aromatic rings. The smallest absolute Gasteiger partial charge is 0.410 e. The maximum absolute atomic E-state index is 12.5. The molecule has 1 N–H and O–H groups in total. The van der Waals surface area contributed by atoms with Gasteiger partial charge in [-0.05, 0) is 11.1 Å². The highest BCUT2D eigenvalue weighted by Gasteiger charge is 2.18. The molecular formula is C24H31N3O5. The molecule has 1 saturated heterocycles. The molecule has 0 aliphatic carbocycles. The Balaban J connectivity index is 1.42. The average Bonchev–Trinajstić information content (AvgIpc) is 2.82. The molecule has 0 aromatic heterocycles. The summed E-state index contributed by atoms with van der Waals surface area (Å²) in [5.41, 5.74) is 1.90. The first kappa shape index (κ1) is 23.6. The van der Waals surface area contributed by atoms with E-state index < -0.39 is 0 Å². The molecule has 8 nitrogen and oxygen atoms in total. The first-order valence-corrected chi connectivity index (χ1v) is 10.9. The number of nitrogens with zero attached hydrogens (tertiary/aromatic N) is 2. The van der Waals surface area contributed by atoms with E-state index in [9.17, 15) is 9.59 Å². The van der Waals surface area contributed by atoms with E-state index >= 15 is 0 Å². The van der Waals surface area contributed by atoms with Crippen molar-refractivity contribution in [3.05, 3.63) is 71.8 Å². The van der Waals surface area contributed by atoms with Gasteiger partial charge in [-0.3, -0.25) is 0 Å². The summed E-state index contributed by atoms with van der Waals surface area (Å²) >= 11 is 0. The second-order valence-electron chi connectivity index (χ2n) is 7.42. The van der Waals surface area contributed by atoms with Gasteiger partial charge in [0.25, 0.3) is 0 Å². The van der Waals surface area contributed by atoms with Gasteiger partial charge in [-0.1, -0.05) is 60.7 Å². The number of carbonyl (C=O) groups is 2. The first-order chi connectivity index (χ1) is 15.7. The largest absolute Gasteiger partial charge is 0.445 e. The van der Waals surface area contributed by atoms with Crippen LogP contribution >= 0.6 is 0 Å². The van der Waals surface area contributed by atoms with E-state index in [1.807, 2.05) is 60.7 Å². The van der Waals surface area contributed by atoms with Gasteiger partial charge in [0.05, 0.1) is 13.2 Å². The molecule has 0 spiro atoms. The lowest BCUT2D eigenvalue weighted by atomic mass is 10.2. The molecule has 1 heterocycles. The topological polar surface area (TPSA) is 80.3 Å². The van der Waals surface area contributed by atoms with E-state index in [2.05, 4.69) is 5.32 Å². The molecule has 0 atom stereocenters. The molecule has 0 radical (unpaired) electrons. The molecule has 0 saturated carbocycles. The molecule has 1 aliphatic heterocycles. The molecule has 2 aromatic carbocycles. The summed E-state index contributed by atoms with van der Waals surface area (Å²) in [5.74, 6) is 0. The Morgan fingerprint density at radius 3 is 1.59 bits per heavy atom. The highest BCUT2D eigenvalue weighted by Crippen LogP contribution is 2.05. The van der Waals surface area contributed by atoms with Crippen LogP contribution in [0.4, 0.5) is 9.59 Å². The van der Waals surface area contributed by atoms with Gasteiger partial charge in [-0.15, -0.1) is 0 Å². The fourth-order valence-electron chi connectivity index (χ4n) is 3.21. The Bertz CT molecular complexity index is 737. The number of benzene rings is 2. The average molecular weight is 442 g/mol. The molecule has 1 aliphatic rings. The standard InChI is InChI=1S/C24H31N3O5/c28-23(31-19-21-7-3-1-4-8-21)26-13-11-25-12-14-27(16-18-30-17-15-26)24(29)32-20-22-9-5-2-6-10-22/h1-10,25H,11-20H2. The van der Waals surface area contributed by atoms with E-state index in [0.717, 1.165) is 11.1 Å². The molecule has 1 fully saturated rings. The summed E-state index contributed by atoms with van der Waals surface area (Å²) in [6.07, 6.45) is -0.718. The quantitative estimate of drug-likeness (QED) is 0.786. The Morgan fingerprint density at radius 2 is 1.16 bits per heavy atom. The summed E-state index contributed by atoms with van der Waals surface area (Å²) < 4.78 is 16.5. The van der Waals surface area contributed by atoms with Gasteiger partial charge in [-0.2, -0.15) is 0 Å². The maximum atomic E-state index is 12.5. The molecule has 3 rings (SSSR count). The Morgan fingerprint density at radius 1 is 0.719 bits per heavy atom. The third-order valence-corrected chi connectivity index (χ3v) is 5.05. The summed E-state index contributed by atoms with van der Waals surface area (Å²) in [4.78, 5) is 28.2. The molecule has 0 bridgehead atoms. The SMILES string of the molecule is O=C(OCc1ccccc1)N1CCNCCN(C(=O)OCc2ccccc2)CCOCC1. The van der Waals surface area contributed by atoms with Crippen LogP contribution in [0.25, 0.3) is 0 Å². The highest BCUT2D eigenvalue weighted by molar-refractivity contribution is 5.68. The minimum atomic E-state index is -0.359. The molecule has 8 heteroatoms. The van der Waals surface area contributed by atoms with Crippen LogP contribution in [0.5, 0.6) is 0 Å². The van der Waals surface area contributed by atoms with E-state index in [4.69, 9.17) is 14.2 Å². The molecule has 2 amide bonds. The Labute approximate surface area is 189 Å². The number of ether oxygens (including phenoxy) is 3. The molecule has 32 heavy (non-hydrogen) atoms. The van der Waals surface area contributed by atoms with Crippen LogP contribution in [0.2, 0.25) is 0 Å². The molecule has 0 unspecified atom stereocenters. The van der Waals surface area contributed by atoms with Crippen molar-refractivity contribution < 1.29 is 23.8 Å². The van der Waals surface area contributed by atoms with E-state index in [-0.39, 0.29) is 25.4 Å². The van der Waals surface area contributed by atoms with Crippen molar-refractivity contribution in [1.29, 1.82) is 0 Å². The van der Waals surface area contributed by atoms with Crippen LogP contribution in [0, 0.1) is 0 Å². The highest BCUT2D eigenvalue weighted by atomic mass is 16.6. The van der Waals surface area contributed by atoms with E-state index in [0.29, 0.717) is 52.5 Å². The lowest BCUT2D eigenvalue weighted by molar-refractivity contribution is 0.0537. The first-order valence-electron chi connectivity index (χ1n) is 10.9. The van der Waals surface area contributed by atoms with Crippen LogP contribution < -0.4 is 5.32 Å². The zero-order valence-corrected chi connectivity index (χ0v) is 18.3. The second kappa shape index (κ2) is 13.3. The maximum Gasteiger partial charge on any atom is 0.410 e. The van der Waals surface area contributed by atoms with Crippen molar-refractivity contribution in [3.63, 3.8) is 0 Å². The number of hydrogen-bond acceptors (Lipinski definition) is 6. The second-order valence-corrected chi connectivity index (χ2v) is 7.42. The third-order valence-electron chi connectivity index (χ3n) is 5.05. The third kappa shape index (κ3) is 8.20. The normalized spacial score (nSPS) is 15.9. The van der Waals surface area contributed by atoms with Gasteiger partial charge in [0.2, 0.25) is 0 Å². The summed E-state index contributed by atoms with van der Waals surface area (Å²) in [7, 11) is 0. The lowest BCUT2D eigenvalue weighted by Gasteiger charge is -2.26. The van der Waals surface area contributed by atoms with Crippen molar-refractivity contribution >= 4 is 12.2 Å². The van der Waals surface area contributed by atoms with Crippen molar-refractivity contribution in [2.24, 2.45) is 0 Å². The Hall–Kier alpha value is -3.10. The van der Waals surface area contributed by atoms with Crippen molar-refractivity contribution in [3.8, 4) is 0 Å². The van der Waals surface area contributed by atoms with Gasteiger partial charge < -0.3 is 29.3 Å². The monoisotopic (exact) mass is 441 g/mol. The van der Waals surface area contributed by atoms with Gasteiger partial charge in [-0.25, -0.2) is 9.59 Å². The number of carbonyl (C=O) groups excluding carboxylic acids is 2. The minimum absolute atomic E-state index is 0.241. The van der Waals surface area contributed by atoms with Crippen LogP contribution in [0.15, 0.2) is 60.7 Å². The van der Waals surface area contributed by atoms with Crippen LogP contribution in [0.3, 0.4) is 0 Å². The van der Waals surface area contributed by atoms with Gasteiger partial charge in [0.1, 0.15) is 13.2 Å². The zero-order valence-electron chi connectivity index (χ0n) is 18.3. The van der Waals surface area contributed by atoms with Gasteiger partial charge in [0.15, 0.2) is 0 Å².